The zero-order valence-electron chi connectivity index (χ0n) is 11.3. The molecule has 0 aromatic carbocycles. The molecule has 2 saturated heterocycles. The van der Waals surface area contributed by atoms with Crippen LogP contribution >= 0.6 is 0 Å². The Morgan fingerprint density at radius 2 is 2.28 bits per heavy atom. The smallest absolute Gasteiger partial charge is 0.125 e. The van der Waals surface area contributed by atoms with E-state index in [1.807, 2.05) is 19.2 Å². The van der Waals surface area contributed by atoms with Gasteiger partial charge in [-0.1, -0.05) is 0 Å². The summed E-state index contributed by atoms with van der Waals surface area (Å²) < 4.78 is 0. The molecule has 0 amide bonds. The van der Waals surface area contributed by atoms with Gasteiger partial charge in [-0.05, 0) is 39.3 Å². The standard InChI is InChI=1S/C14H22N4/c1-11-8-17-7-3-4-14(17)10-18(11)9-13-5-6-15-12(2)16-13/h5-6,11,14H,3-4,7-10H2,1-2H3/t11-,14?/m0/s1. The van der Waals surface area contributed by atoms with Gasteiger partial charge < -0.3 is 0 Å². The van der Waals surface area contributed by atoms with Crippen molar-refractivity contribution in [2.24, 2.45) is 0 Å². The fourth-order valence-electron chi connectivity index (χ4n) is 3.27. The van der Waals surface area contributed by atoms with Crippen LogP contribution in [0.2, 0.25) is 0 Å². The van der Waals surface area contributed by atoms with Crippen LogP contribution < -0.4 is 0 Å². The van der Waals surface area contributed by atoms with E-state index in [0.717, 1.165) is 24.1 Å². The van der Waals surface area contributed by atoms with E-state index in [0.29, 0.717) is 6.04 Å². The molecule has 3 rings (SSSR count). The third-order valence-corrected chi connectivity index (χ3v) is 4.27. The number of fused-ring (bicyclic) bond motifs is 1. The second-order valence-electron chi connectivity index (χ2n) is 5.66. The van der Waals surface area contributed by atoms with Gasteiger partial charge in [0.25, 0.3) is 0 Å². The summed E-state index contributed by atoms with van der Waals surface area (Å²) in [5.74, 6) is 0.875. The minimum Gasteiger partial charge on any atom is -0.298 e. The number of piperazine rings is 1. The first kappa shape index (κ1) is 12.1. The van der Waals surface area contributed by atoms with Crippen molar-refractivity contribution in [3.05, 3.63) is 23.8 Å². The maximum Gasteiger partial charge on any atom is 0.125 e. The minimum absolute atomic E-state index is 0.634. The minimum atomic E-state index is 0.634. The molecule has 2 atom stereocenters. The van der Waals surface area contributed by atoms with Gasteiger partial charge in [0.15, 0.2) is 0 Å². The topological polar surface area (TPSA) is 32.3 Å². The number of hydrogen-bond acceptors (Lipinski definition) is 4. The lowest BCUT2D eigenvalue weighted by Crippen LogP contribution is -2.54. The van der Waals surface area contributed by atoms with Gasteiger partial charge in [-0.2, -0.15) is 0 Å². The number of aryl methyl sites for hydroxylation is 1. The SMILES string of the molecule is Cc1nccc(CN2CC3CCCN3C[C@@H]2C)n1. The normalized spacial score (nSPS) is 29.4. The summed E-state index contributed by atoms with van der Waals surface area (Å²) >= 11 is 0. The van der Waals surface area contributed by atoms with Crippen molar-refractivity contribution in [1.82, 2.24) is 19.8 Å². The van der Waals surface area contributed by atoms with E-state index in [2.05, 4.69) is 26.7 Å². The van der Waals surface area contributed by atoms with E-state index in [9.17, 15) is 0 Å². The van der Waals surface area contributed by atoms with Crippen molar-refractivity contribution in [2.45, 2.75) is 45.3 Å². The molecule has 0 saturated carbocycles. The molecule has 1 aromatic rings. The molecule has 2 aliphatic heterocycles. The summed E-state index contributed by atoms with van der Waals surface area (Å²) in [4.78, 5) is 13.9. The number of hydrogen-bond donors (Lipinski definition) is 0. The molecular formula is C14H22N4. The molecule has 18 heavy (non-hydrogen) atoms. The first-order chi connectivity index (χ1) is 8.72. The van der Waals surface area contributed by atoms with E-state index in [1.54, 1.807) is 0 Å². The predicted octanol–water partition coefficient (Wildman–Crippen LogP) is 1.45. The number of rotatable bonds is 2. The van der Waals surface area contributed by atoms with Crippen molar-refractivity contribution in [1.29, 1.82) is 0 Å². The highest BCUT2D eigenvalue weighted by Crippen LogP contribution is 2.25. The average molecular weight is 246 g/mol. The third kappa shape index (κ3) is 2.40. The molecule has 1 aromatic heterocycles. The van der Waals surface area contributed by atoms with Gasteiger partial charge in [-0.3, -0.25) is 9.80 Å². The molecule has 0 aliphatic carbocycles. The van der Waals surface area contributed by atoms with Crippen LogP contribution in [0.4, 0.5) is 0 Å². The maximum atomic E-state index is 4.52. The molecule has 0 N–H and O–H groups in total. The van der Waals surface area contributed by atoms with Crippen molar-refractivity contribution in [2.75, 3.05) is 19.6 Å². The Morgan fingerprint density at radius 3 is 3.11 bits per heavy atom. The second-order valence-corrected chi connectivity index (χ2v) is 5.66. The molecule has 0 spiro atoms. The van der Waals surface area contributed by atoms with Crippen LogP contribution in [0.3, 0.4) is 0 Å². The van der Waals surface area contributed by atoms with Crippen LogP contribution in [0.15, 0.2) is 12.3 Å². The average Bonchev–Trinajstić information content (AvgIpc) is 2.76. The lowest BCUT2D eigenvalue weighted by molar-refractivity contribution is 0.0531. The van der Waals surface area contributed by atoms with E-state index in [1.165, 1.54) is 32.5 Å². The van der Waals surface area contributed by atoms with Crippen LogP contribution in [0, 0.1) is 6.92 Å². The van der Waals surface area contributed by atoms with Crippen LogP contribution in [0.1, 0.15) is 31.3 Å². The Hall–Kier alpha value is -1.00. The van der Waals surface area contributed by atoms with Crippen LogP contribution in [0.5, 0.6) is 0 Å². The molecule has 0 radical (unpaired) electrons. The maximum absolute atomic E-state index is 4.52. The van der Waals surface area contributed by atoms with Gasteiger partial charge in [0.1, 0.15) is 5.82 Å². The van der Waals surface area contributed by atoms with Crippen molar-refractivity contribution in [3.8, 4) is 0 Å². The predicted molar refractivity (Wildman–Crippen MR) is 71.2 cm³/mol. The first-order valence-electron chi connectivity index (χ1n) is 6.99. The third-order valence-electron chi connectivity index (χ3n) is 4.27. The van der Waals surface area contributed by atoms with Crippen molar-refractivity contribution < 1.29 is 0 Å². The van der Waals surface area contributed by atoms with Crippen LogP contribution in [0.25, 0.3) is 0 Å². The molecule has 0 bridgehead atoms. The van der Waals surface area contributed by atoms with Gasteiger partial charge in [-0.15, -0.1) is 0 Å². The van der Waals surface area contributed by atoms with Crippen LogP contribution in [-0.2, 0) is 6.54 Å². The van der Waals surface area contributed by atoms with Gasteiger partial charge >= 0.3 is 0 Å². The fourth-order valence-corrected chi connectivity index (χ4v) is 3.27. The van der Waals surface area contributed by atoms with Crippen LogP contribution in [-0.4, -0.2) is 51.5 Å². The zero-order chi connectivity index (χ0) is 12.5. The first-order valence-corrected chi connectivity index (χ1v) is 6.99. The summed E-state index contributed by atoms with van der Waals surface area (Å²) in [6.07, 6.45) is 4.61. The zero-order valence-corrected chi connectivity index (χ0v) is 11.3. The lowest BCUT2D eigenvalue weighted by atomic mass is 10.1. The molecule has 4 heteroatoms. The Morgan fingerprint density at radius 1 is 1.39 bits per heavy atom. The number of nitrogens with zero attached hydrogens (tertiary/aromatic N) is 4. The van der Waals surface area contributed by atoms with E-state index in [4.69, 9.17) is 0 Å². The monoisotopic (exact) mass is 246 g/mol. The summed E-state index contributed by atoms with van der Waals surface area (Å²) in [5.41, 5.74) is 1.15. The van der Waals surface area contributed by atoms with Gasteiger partial charge in [0, 0.05) is 37.9 Å². The Kier molecular flexibility index (Phi) is 3.31. The summed E-state index contributed by atoms with van der Waals surface area (Å²) in [6.45, 7) is 8.98. The lowest BCUT2D eigenvalue weighted by Gasteiger charge is -2.42. The molecule has 1 unspecified atom stereocenters. The van der Waals surface area contributed by atoms with E-state index in [-0.39, 0.29) is 0 Å². The fraction of sp³-hybridized carbons (Fsp3) is 0.714. The molecule has 4 nitrogen and oxygen atoms in total. The van der Waals surface area contributed by atoms with Gasteiger partial charge in [0.05, 0.1) is 5.69 Å². The summed E-state index contributed by atoms with van der Waals surface area (Å²) in [5, 5.41) is 0. The second kappa shape index (κ2) is 4.94. The molecule has 98 valence electrons. The van der Waals surface area contributed by atoms with E-state index < -0.39 is 0 Å². The van der Waals surface area contributed by atoms with Crippen molar-refractivity contribution in [3.63, 3.8) is 0 Å². The molecular weight excluding hydrogens is 224 g/mol. The summed E-state index contributed by atoms with van der Waals surface area (Å²) in [6, 6.07) is 3.46. The Balaban J connectivity index is 1.68. The van der Waals surface area contributed by atoms with Gasteiger partial charge in [0.2, 0.25) is 0 Å². The molecule has 2 aliphatic rings. The largest absolute Gasteiger partial charge is 0.298 e. The highest BCUT2D eigenvalue weighted by Gasteiger charge is 2.34. The van der Waals surface area contributed by atoms with Crippen molar-refractivity contribution >= 4 is 0 Å². The van der Waals surface area contributed by atoms with E-state index >= 15 is 0 Å². The highest BCUT2D eigenvalue weighted by molar-refractivity contribution is 5.03. The summed E-state index contributed by atoms with van der Waals surface area (Å²) in [7, 11) is 0. The number of aromatic nitrogens is 2. The molecule has 2 fully saturated rings. The molecule has 3 heterocycles. The highest BCUT2D eigenvalue weighted by atomic mass is 15.3. The Bertz CT molecular complexity index is 420. The Labute approximate surface area is 109 Å². The van der Waals surface area contributed by atoms with Gasteiger partial charge in [-0.25, -0.2) is 9.97 Å². The quantitative estimate of drug-likeness (QED) is 0.790.